The predicted molar refractivity (Wildman–Crippen MR) is 72.7 cm³/mol. The zero-order valence-electron chi connectivity index (χ0n) is 11.0. The minimum atomic E-state index is -4.73. The zero-order valence-corrected chi connectivity index (χ0v) is 12.6. The molecule has 0 saturated carbocycles. The molecule has 5 nitrogen and oxygen atoms in total. The largest absolute Gasteiger partial charge is 0.417 e. The molecule has 0 radical (unpaired) electrons. The van der Waals surface area contributed by atoms with Gasteiger partial charge in [0.15, 0.2) is 0 Å². The van der Waals surface area contributed by atoms with Gasteiger partial charge in [0.05, 0.1) is 22.5 Å². The monoisotopic (exact) mass is 344 g/mol. The topological polar surface area (TPSA) is 66.5 Å². The Morgan fingerprint density at radius 1 is 1.38 bits per heavy atom. The van der Waals surface area contributed by atoms with E-state index in [9.17, 15) is 26.4 Å². The van der Waals surface area contributed by atoms with Crippen molar-refractivity contribution in [1.82, 2.24) is 5.32 Å². The zero-order chi connectivity index (χ0) is 16.4. The van der Waals surface area contributed by atoms with Gasteiger partial charge in [-0.2, -0.15) is 13.2 Å². The standard InChI is InChI=1S/C11H12ClF3N2O3S/c1-16-10(18)6-17(21(2,19)20)7-3-4-9(12)8(5-7)11(13,14)15/h3-5H,6H2,1-2H3,(H,16,18). The first kappa shape index (κ1) is 17.6. The average molecular weight is 345 g/mol. The van der Waals surface area contributed by atoms with Crippen LogP contribution in [0.15, 0.2) is 18.2 Å². The number of sulfonamides is 1. The van der Waals surface area contributed by atoms with E-state index >= 15 is 0 Å². The van der Waals surface area contributed by atoms with Crippen LogP contribution in [0.2, 0.25) is 5.02 Å². The fourth-order valence-corrected chi connectivity index (χ4v) is 2.57. The van der Waals surface area contributed by atoms with Crippen LogP contribution in [-0.4, -0.2) is 34.2 Å². The van der Waals surface area contributed by atoms with Gasteiger partial charge in [-0.05, 0) is 18.2 Å². The van der Waals surface area contributed by atoms with Gasteiger partial charge in [0.1, 0.15) is 6.54 Å². The molecule has 0 atom stereocenters. The third-order valence-corrected chi connectivity index (χ3v) is 3.98. The third kappa shape index (κ3) is 4.50. The van der Waals surface area contributed by atoms with Gasteiger partial charge in [-0.1, -0.05) is 11.6 Å². The highest BCUT2D eigenvalue weighted by Crippen LogP contribution is 2.37. The van der Waals surface area contributed by atoms with Crippen LogP contribution < -0.4 is 9.62 Å². The molecular weight excluding hydrogens is 333 g/mol. The summed E-state index contributed by atoms with van der Waals surface area (Å²) in [6.45, 7) is -0.631. The Hall–Kier alpha value is -1.48. The molecule has 1 aromatic carbocycles. The Bertz CT molecular complexity index is 647. The van der Waals surface area contributed by atoms with Crippen molar-refractivity contribution in [3.05, 3.63) is 28.8 Å². The minimum absolute atomic E-state index is 0.294. The van der Waals surface area contributed by atoms with Crippen molar-refractivity contribution in [3.63, 3.8) is 0 Å². The number of likely N-dealkylation sites (N-methyl/N-ethyl adjacent to an activating group) is 1. The van der Waals surface area contributed by atoms with Gasteiger partial charge in [0, 0.05) is 7.05 Å². The first-order chi connectivity index (χ1) is 9.46. The van der Waals surface area contributed by atoms with Crippen molar-refractivity contribution < 1.29 is 26.4 Å². The van der Waals surface area contributed by atoms with Crippen LogP contribution in [0.3, 0.4) is 0 Å². The first-order valence-corrected chi connectivity index (χ1v) is 7.74. The van der Waals surface area contributed by atoms with Gasteiger partial charge in [0.2, 0.25) is 15.9 Å². The van der Waals surface area contributed by atoms with Crippen molar-refractivity contribution in [2.75, 3.05) is 24.2 Å². The summed E-state index contributed by atoms with van der Waals surface area (Å²) < 4.78 is 62.2. The van der Waals surface area contributed by atoms with Crippen LogP contribution in [0.5, 0.6) is 0 Å². The first-order valence-electron chi connectivity index (χ1n) is 5.52. The second-order valence-corrected chi connectivity index (χ2v) is 6.42. The van der Waals surface area contributed by atoms with Crippen LogP contribution in [0.1, 0.15) is 5.56 Å². The molecule has 1 N–H and O–H groups in total. The number of benzene rings is 1. The molecule has 1 aromatic rings. The summed E-state index contributed by atoms with van der Waals surface area (Å²) in [7, 11) is -2.65. The van der Waals surface area contributed by atoms with Crippen LogP contribution in [0, 0.1) is 0 Å². The lowest BCUT2D eigenvalue weighted by Crippen LogP contribution is -2.39. The highest BCUT2D eigenvalue weighted by atomic mass is 35.5. The number of rotatable bonds is 4. The summed E-state index contributed by atoms with van der Waals surface area (Å²) in [6.07, 6.45) is -3.94. The molecule has 0 bridgehead atoms. The van der Waals surface area contributed by atoms with Crippen LogP contribution in [0.4, 0.5) is 18.9 Å². The number of anilines is 1. The van der Waals surface area contributed by atoms with E-state index in [1.807, 2.05) is 0 Å². The van der Waals surface area contributed by atoms with Gasteiger partial charge < -0.3 is 5.32 Å². The molecule has 21 heavy (non-hydrogen) atoms. The fourth-order valence-electron chi connectivity index (χ4n) is 1.50. The van der Waals surface area contributed by atoms with E-state index in [1.165, 1.54) is 7.05 Å². The van der Waals surface area contributed by atoms with Crippen LogP contribution in [-0.2, 0) is 21.0 Å². The van der Waals surface area contributed by atoms with Crippen molar-refractivity contribution >= 4 is 33.2 Å². The van der Waals surface area contributed by atoms with Gasteiger partial charge in [-0.25, -0.2) is 8.42 Å². The van der Waals surface area contributed by atoms with E-state index in [-0.39, 0.29) is 5.69 Å². The Morgan fingerprint density at radius 3 is 2.38 bits per heavy atom. The second kappa shape index (κ2) is 6.10. The number of hydrogen-bond acceptors (Lipinski definition) is 3. The molecule has 0 spiro atoms. The van der Waals surface area contributed by atoms with Crippen molar-refractivity contribution in [1.29, 1.82) is 0 Å². The number of nitrogens with one attached hydrogen (secondary N) is 1. The van der Waals surface area contributed by atoms with E-state index in [1.54, 1.807) is 0 Å². The molecular formula is C11H12ClF3N2O3S. The Kier molecular flexibility index (Phi) is 5.11. The van der Waals surface area contributed by atoms with E-state index in [2.05, 4.69) is 5.32 Å². The number of nitrogens with zero attached hydrogens (tertiary/aromatic N) is 1. The Labute approximate surface area is 124 Å². The number of halogens is 4. The highest BCUT2D eigenvalue weighted by Gasteiger charge is 2.34. The minimum Gasteiger partial charge on any atom is -0.358 e. The lowest BCUT2D eigenvalue weighted by Gasteiger charge is -2.22. The molecule has 0 saturated heterocycles. The number of carbonyl (C=O) groups excluding carboxylic acids is 1. The van der Waals surface area contributed by atoms with E-state index in [0.29, 0.717) is 10.4 Å². The third-order valence-electron chi connectivity index (χ3n) is 2.51. The SMILES string of the molecule is CNC(=O)CN(c1ccc(Cl)c(C(F)(F)F)c1)S(C)(=O)=O. The lowest BCUT2D eigenvalue weighted by molar-refractivity contribution is -0.137. The van der Waals surface area contributed by atoms with Crippen molar-refractivity contribution in [2.24, 2.45) is 0 Å². The van der Waals surface area contributed by atoms with Gasteiger partial charge in [-0.3, -0.25) is 9.10 Å². The maximum Gasteiger partial charge on any atom is 0.417 e. The molecule has 1 amide bonds. The van der Waals surface area contributed by atoms with Crippen LogP contribution >= 0.6 is 11.6 Å². The lowest BCUT2D eigenvalue weighted by atomic mass is 10.2. The van der Waals surface area contributed by atoms with Gasteiger partial charge in [0.25, 0.3) is 0 Å². The highest BCUT2D eigenvalue weighted by molar-refractivity contribution is 7.92. The number of amides is 1. The molecule has 1 rings (SSSR count). The summed E-state index contributed by atoms with van der Waals surface area (Å²) in [4.78, 5) is 11.3. The van der Waals surface area contributed by atoms with E-state index < -0.39 is 39.2 Å². The number of carbonyl (C=O) groups is 1. The molecule has 0 unspecified atom stereocenters. The summed E-state index contributed by atoms with van der Waals surface area (Å²) in [5.74, 6) is -0.663. The van der Waals surface area contributed by atoms with E-state index in [4.69, 9.17) is 11.6 Å². The molecule has 0 aliphatic rings. The molecule has 0 fully saturated rings. The Morgan fingerprint density at radius 2 is 1.95 bits per heavy atom. The number of alkyl halides is 3. The maximum absolute atomic E-state index is 12.8. The molecule has 118 valence electrons. The summed E-state index contributed by atoms with van der Waals surface area (Å²) in [6, 6.07) is 2.62. The van der Waals surface area contributed by atoms with Crippen molar-refractivity contribution in [3.8, 4) is 0 Å². The molecule has 0 heterocycles. The Balaban J connectivity index is 3.36. The molecule has 0 aromatic heterocycles. The molecule has 0 aliphatic carbocycles. The normalized spacial score (nSPS) is 12.1. The van der Waals surface area contributed by atoms with Crippen LogP contribution in [0.25, 0.3) is 0 Å². The molecule has 0 aliphatic heterocycles. The summed E-state index contributed by atoms with van der Waals surface area (Å²) >= 11 is 5.47. The summed E-state index contributed by atoms with van der Waals surface area (Å²) in [5.41, 5.74) is -1.47. The molecule has 10 heteroatoms. The quantitative estimate of drug-likeness (QED) is 0.906. The second-order valence-electron chi connectivity index (χ2n) is 4.10. The fraction of sp³-hybridized carbons (Fsp3) is 0.364. The predicted octanol–water partition coefficient (Wildman–Crippen LogP) is 1.87. The summed E-state index contributed by atoms with van der Waals surface area (Å²) in [5, 5.41) is 1.64. The van der Waals surface area contributed by atoms with E-state index in [0.717, 1.165) is 18.4 Å². The van der Waals surface area contributed by atoms with Crippen molar-refractivity contribution in [2.45, 2.75) is 6.18 Å². The maximum atomic E-state index is 12.8. The van der Waals surface area contributed by atoms with Gasteiger partial charge in [-0.15, -0.1) is 0 Å². The smallest absolute Gasteiger partial charge is 0.358 e. The van der Waals surface area contributed by atoms with Gasteiger partial charge >= 0.3 is 6.18 Å². The number of hydrogen-bond donors (Lipinski definition) is 1. The average Bonchev–Trinajstić information content (AvgIpc) is 2.33.